The van der Waals surface area contributed by atoms with Crippen LogP contribution < -0.4 is 5.32 Å². The van der Waals surface area contributed by atoms with Crippen LogP contribution in [0.3, 0.4) is 0 Å². The predicted octanol–water partition coefficient (Wildman–Crippen LogP) is 0.804. The molecule has 0 atom stereocenters. The van der Waals surface area contributed by atoms with Crippen LogP contribution in [0.2, 0.25) is 0 Å². The zero-order valence-corrected chi connectivity index (χ0v) is 7.40. The minimum absolute atomic E-state index is 0.502. The van der Waals surface area contributed by atoms with E-state index in [9.17, 15) is 5.11 Å². The molecule has 2 N–H and O–H groups in total. The van der Waals surface area contributed by atoms with Crippen molar-refractivity contribution in [2.24, 2.45) is 0 Å². The number of hydrogen-bond acceptors (Lipinski definition) is 4. The van der Waals surface area contributed by atoms with Crippen molar-refractivity contribution in [1.29, 1.82) is 0 Å². The molecule has 0 spiro atoms. The molecule has 13 heavy (non-hydrogen) atoms. The molecule has 1 aliphatic carbocycles. The maximum Gasteiger partial charge on any atom is 0.148 e. The van der Waals surface area contributed by atoms with Crippen LogP contribution in [0, 0.1) is 0 Å². The number of nitrogens with one attached hydrogen (secondary N) is 1. The Balaban J connectivity index is 1.86. The normalized spacial score (nSPS) is 19.2. The molecule has 1 aromatic heterocycles. The molecule has 1 fully saturated rings. The van der Waals surface area contributed by atoms with Gasteiger partial charge in [-0.3, -0.25) is 0 Å². The van der Waals surface area contributed by atoms with Crippen molar-refractivity contribution in [3.8, 4) is 0 Å². The van der Waals surface area contributed by atoms with Crippen molar-refractivity contribution >= 4 is 5.82 Å². The summed E-state index contributed by atoms with van der Waals surface area (Å²) >= 11 is 0. The summed E-state index contributed by atoms with van der Waals surface area (Å²) in [7, 11) is 0. The molecule has 0 unspecified atom stereocenters. The Morgan fingerprint density at radius 3 is 2.92 bits per heavy atom. The second-order valence-corrected chi connectivity index (χ2v) is 3.54. The van der Waals surface area contributed by atoms with E-state index in [1.165, 1.54) is 0 Å². The highest BCUT2D eigenvalue weighted by molar-refractivity contribution is 5.32. The quantitative estimate of drug-likeness (QED) is 0.720. The molecule has 0 aliphatic heterocycles. The van der Waals surface area contributed by atoms with Gasteiger partial charge >= 0.3 is 0 Å². The van der Waals surface area contributed by atoms with E-state index in [0.29, 0.717) is 6.54 Å². The number of aliphatic hydroxyl groups is 1. The van der Waals surface area contributed by atoms with Crippen LogP contribution >= 0.6 is 0 Å². The summed E-state index contributed by atoms with van der Waals surface area (Å²) in [5, 5.41) is 20.4. The number of hydrogen-bond donors (Lipinski definition) is 2. The zero-order valence-electron chi connectivity index (χ0n) is 7.40. The molecule has 0 bridgehead atoms. The summed E-state index contributed by atoms with van der Waals surface area (Å²) in [6.45, 7) is 0.575. The monoisotopic (exact) mass is 179 g/mol. The molecule has 2 rings (SSSR count). The van der Waals surface area contributed by atoms with Gasteiger partial charge in [0.2, 0.25) is 0 Å². The van der Waals surface area contributed by atoms with E-state index in [2.05, 4.69) is 15.5 Å². The predicted molar refractivity (Wildman–Crippen MR) is 49.3 cm³/mol. The lowest BCUT2D eigenvalue weighted by molar-refractivity contribution is -0.0202. The van der Waals surface area contributed by atoms with Gasteiger partial charge in [-0.1, -0.05) is 0 Å². The molecule has 1 saturated carbocycles. The van der Waals surface area contributed by atoms with E-state index in [-0.39, 0.29) is 0 Å². The molecule has 0 radical (unpaired) electrons. The average Bonchev–Trinajstić information content (AvgIpc) is 2.13. The van der Waals surface area contributed by atoms with Gasteiger partial charge in [0.05, 0.1) is 5.60 Å². The summed E-state index contributed by atoms with van der Waals surface area (Å²) in [5.74, 6) is 0.725. The zero-order chi connectivity index (χ0) is 9.15. The molecule has 4 heteroatoms. The van der Waals surface area contributed by atoms with E-state index in [1.807, 2.05) is 12.1 Å². The average molecular weight is 179 g/mol. The molecule has 1 aliphatic rings. The van der Waals surface area contributed by atoms with E-state index >= 15 is 0 Å². The second-order valence-electron chi connectivity index (χ2n) is 3.54. The fourth-order valence-corrected chi connectivity index (χ4v) is 1.41. The molecular weight excluding hydrogens is 166 g/mol. The van der Waals surface area contributed by atoms with E-state index in [1.54, 1.807) is 6.20 Å². The van der Waals surface area contributed by atoms with Gasteiger partial charge in [-0.15, -0.1) is 5.10 Å². The SMILES string of the molecule is OC1(CNc2cccnn2)CCC1. The highest BCUT2D eigenvalue weighted by Gasteiger charge is 2.33. The standard InChI is InChI=1S/C9H13N3O/c13-9(4-2-5-9)7-10-8-3-1-6-11-12-8/h1,3,6,13H,2,4-5,7H2,(H,10,12). The maximum atomic E-state index is 9.76. The van der Waals surface area contributed by atoms with Gasteiger partial charge in [0.25, 0.3) is 0 Å². The lowest BCUT2D eigenvalue weighted by atomic mass is 9.80. The minimum Gasteiger partial charge on any atom is -0.388 e. The number of nitrogens with zero attached hydrogens (tertiary/aromatic N) is 2. The Labute approximate surface area is 77.0 Å². The molecule has 1 aromatic rings. The first-order chi connectivity index (χ1) is 6.29. The van der Waals surface area contributed by atoms with Gasteiger partial charge in [0.15, 0.2) is 0 Å². The molecule has 0 saturated heterocycles. The third-order valence-electron chi connectivity index (χ3n) is 2.46. The summed E-state index contributed by atoms with van der Waals surface area (Å²) < 4.78 is 0. The maximum absolute atomic E-state index is 9.76. The van der Waals surface area contributed by atoms with Crippen LogP contribution in [-0.2, 0) is 0 Å². The molecule has 4 nitrogen and oxygen atoms in total. The van der Waals surface area contributed by atoms with E-state index in [4.69, 9.17) is 0 Å². The fourth-order valence-electron chi connectivity index (χ4n) is 1.41. The number of rotatable bonds is 3. The fraction of sp³-hybridized carbons (Fsp3) is 0.556. The Bertz CT molecular complexity index is 271. The summed E-state index contributed by atoms with van der Waals surface area (Å²) in [5.41, 5.74) is -0.502. The number of anilines is 1. The van der Waals surface area contributed by atoms with E-state index in [0.717, 1.165) is 25.1 Å². The van der Waals surface area contributed by atoms with Crippen molar-refractivity contribution in [2.75, 3.05) is 11.9 Å². The van der Waals surface area contributed by atoms with Gasteiger partial charge < -0.3 is 10.4 Å². The Morgan fingerprint density at radius 2 is 2.38 bits per heavy atom. The smallest absolute Gasteiger partial charge is 0.148 e. The lowest BCUT2D eigenvalue weighted by Crippen LogP contribution is -2.43. The first-order valence-corrected chi connectivity index (χ1v) is 4.52. The highest BCUT2D eigenvalue weighted by Crippen LogP contribution is 2.31. The third kappa shape index (κ3) is 1.95. The first kappa shape index (κ1) is 8.44. The first-order valence-electron chi connectivity index (χ1n) is 4.52. The van der Waals surface area contributed by atoms with Crippen LogP contribution in [0.4, 0.5) is 5.82 Å². The van der Waals surface area contributed by atoms with E-state index < -0.39 is 5.60 Å². The third-order valence-corrected chi connectivity index (χ3v) is 2.46. The Morgan fingerprint density at radius 1 is 1.54 bits per heavy atom. The lowest BCUT2D eigenvalue weighted by Gasteiger charge is -2.36. The minimum atomic E-state index is -0.502. The van der Waals surface area contributed by atoms with Gasteiger partial charge in [-0.05, 0) is 31.4 Å². The van der Waals surface area contributed by atoms with Crippen LogP contribution in [0.15, 0.2) is 18.3 Å². The summed E-state index contributed by atoms with van der Waals surface area (Å²) in [6.07, 6.45) is 4.53. The van der Waals surface area contributed by atoms with Crippen LogP contribution in [0.1, 0.15) is 19.3 Å². The van der Waals surface area contributed by atoms with Crippen molar-refractivity contribution in [1.82, 2.24) is 10.2 Å². The topological polar surface area (TPSA) is 58.0 Å². The van der Waals surface area contributed by atoms with Crippen molar-refractivity contribution in [3.63, 3.8) is 0 Å². The Kier molecular flexibility index (Phi) is 2.14. The molecule has 70 valence electrons. The summed E-state index contributed by atoms with van der Waals surface area (Å²) in [6, 6.07) is 3.66. The second kappa shape index (κ2) is 3.30. The Hall–Kier alpha value is -1.16. The van der Waals surface area contributed by atoms with Gasteiger partial charge in [0, 0.05) is 12.7 Å². The van der Waals surface area contributed by atoms with Gasteiger partial charge in [0.1, 0.15) is 5.82 Å². The highest BCUT2D eigenvalue weighted by atomic mass is 16.3. The van der Waals surface area contributed by atoms with Crippen LogP contribution in [0.5, 0.6) is 0 Å². The van der Waals surface area contributed by atoms with Crippen LogP contribution in [0.25, 0.3) is 0 Å². The van der Waals surface area contributed by atoms with Crippen molar-refractivity contribution < 1.29 is 5.11 Å². The van der Waals surface area contributed by atoms with Gasteiger partial charge in [-0.25, -0.2) is 0 Å². The van der Waals surface area contributed by atoms with Crippen molar-refractivity contribution in [2.45, 2.75) is 24.9 Å². The molecule has 1 heterocycles. The molecular formula is C9H13N3O. The van der Waals surface area contributed by atoms with Crippen LogP contribution in [-0.4, -0.2) is 27.4 Å². The largest absolute Gasteiger partial charge is 0.388 e. The molecule has 0 amide bonds. The number of aromatic nitrogens is 2. The molecule has 0 aromatic carbocycles. The summed E-state index contributed by atoms with van der Waals surface area (Å²) in [4.78, 5) is 0. The van der Waals surface area contributed by atoms with Gasteiger partial charge in [-0.2, -0.15) is 5.10 Å². The van der Waals surface area contributed by atoms with Crippen molar-refractivity contribution in [3.05, 3.63) is 18.3 Å².